The first-order chi connectivity index (χ1) is 9.56. The molecule has 0 bridgehead atoms. The molecular weight excluding hydrogens is 250 g/mol. The number of aryl methyl sites for hydroxylation is 3. The first kappa shape index (κ1) is 14.5. The summed E-state index contributed by atoms with van der Waals surface area (Å²) >= 11 is 0. The normalized spacial score (nSPS) is 10.8. The summed E-state index contributed by atoms with van der Waals surface area (Å²) in [5.41, 5.74) is 10.5. The Balaban J connectivity index is 2.61. The molecule has 0 aliphatic carbocycles. The van der Waals surface area contributed by atoms with Crippen molar-refractivity contribution in [1.29, 1.82) is 0 Å². The molecule has 0 aliphatic rings. The monoisotopic (exact) mass is 271 g/mol. The van der Waals surface area contributed by atoms with Crippen molar-refractivity contribution in [2.45, 2.75) is 40.3 Å². The standard InChI is InChI=1S/C16H21N3O/c1-4-7-19-16(20)13(10-17)9-15(18-19)14-6-5-11(2)8-12(14)3/h5-6,8-9H,4,7,10,17H2,1-3H3. The Morgan fingerprint density at radius 2 is 2.00 bits per heavy atom. The summed E-state index contributed by atoms with van der Waals surface area (Å²) in [4.78, 5) is 12.1. The number of aromatic nitrogens is 2. The zero-order chi connectivity index (χ0) is 14.7. The molecule has 0 atom stereocenters. The van der Waals surface area contributed by atoms with E-state index in [0.29, 0.717) is 12.1 Å². The second kappa shape index (κ2) is 6.01. The number of hydrogen-bond acceptors (Lipinski definition) is 3. The van der Waals surface area contributed by atoms with Gasteiger partial charge in [0.05, 0.1) is 5.69 Å². The summed E-state index contributed by atoms with van der Waals surface area (Å²) in [7, 11) is 0. The highest BCUT2D eigenvalue weighted by molar-refractivity contribution is 5.64. The highest BCUT2D eigenvalue weighted by Crippen LogP contribution is 2.22. The molecule has 0 radical (unpaired) electrons. The fourth-order valence-corrected chi connectivity index (χ4v) is 2.34. The molecule has 2 rings (SSSR count). The van der Waals surface area contributed by atoms with Crippen molar-refractivity contribution in [2.75, 3.05) is 0 Å². The molecular formula is C16H21N3O. The largest absolute Gasteiger partial charge is 0.326 e. The van der Waals surface area contributed by atoms with E-state index in [2.05, 4.69) is 31.1 Å². The summed E-state index contributed by atoms with van der Waals surface area (Å²) < 4.78 is 1.52. The number of hydrogen-bond donors (Lipinski definition) is 1. The third-order valence-electron chi connectivity index (χ3n) is 3.36. The third kappa shape index (κ3) is 2.80. The van der Waals surface area contributed by atoms with Crippen molar-refractivity contribution < 1.29 is 0 Å². The lowest BCUT2D eigenvalue weighted by molar-refractivity contribution is 0.564. The average molecular weight is 271 g/mol. The Morgan fingerprint density at radius 1 is 1.25 bits per heavy atom. The van der Waals surface area contributed by atoms with Crippen LogP contribution in [-0.2, 0) is 13.1 Å². The van der Waals surface area contributed by atoms with Crippen LogP contribution in [0.5, 0.6) is 0 Å². The topological polar surface area (TPSA) is 60.9 Å². The van der Waals surface area contributed by atoms with Gasteiger partial charge in [-0.25, -0.2) is 4.68 Å². The minimum absolute atomic E-state index is 0.0807. The fourth-order valence-electron chi connectivity index (χ4n) is 2.34. The molecule has 2 N–H and O–H groups in total. The van der Waals surface area contributed by atoms with E-state index in [0.717, 1.165) is 23.2 Å². The van der Waals surface area contributed by atoms with Crippen molar-refractivity contribution in [3.05, 3.63) is 51.3 Å². The molecule has 1 aromatic heterocycles. The predicted octanol–water partition coefficient (Wildman–Crippen LogP) is 2.40. The Morgan fingerprint density at radius 3 is 2.60 bits per heavy atom. The van der Waals surface area contributed by atoms with Gasteiger partial charge in [0.25, 0.3) is 5.56 Å². The van der Waals surface area contributed by atoms with E-state index in [1.807, 2.05) is 19.1 Å². The Kier molecular flexibility index (Phi) is 4.35. The maximum atomic E-state index is 12.1. The molecule has 106 valence electrons. The van der Waals surface area contributed by atoms with E-state index in [9.17, 15) is 4.79 Å². The van der Waals surface area contributed by atoms with Gasteiger partial charge in [0.15, 0.2) is 0 Å². The van der Waals surface area contributed by atoms with Crippen LogP contribution in [0.25, 0.3) is 11.3 Å². The molecule has 4 heteroatoms. The van der Waals surface area contributed by atoms with Crippen molar-refractivity contribution >= 4 is 0 Å². The lowest BCUT2D eigenvalue weighted by Gasteiger charge is -2.11. The second-order valence-electron chi connectivity index (χ2n) is 5.11. The van der Waals surface area contributed by atoms with Crippen LogP contribution in [-0.4, -0.2) is 9.78 Å². The van der Waals surface area contributed by atoms with Crippen LogP contribution in [0.1, 0.15) is 30.0 Å². The van der Waals surface area contributed by atoms with E-state index in [-0.39, 0.29) is 12.1 Å². The second-order valence-corrected chi connectivity index (χ2v) is 5.11. The molecule has 2 aromatic rings. The smallest absolute Gasteiger partial charge is 0.271 e. The van der Waals surface area contributed by atoms with Crippen LogP contribution >= 0.6 is 0 Å². The van der Waals surface area contributed by atoms with Crippen molar-refractivity contribution in [3.63, 3.8) is 0 Å². The average Bonchev–Trinajstić information content (AvgIpc) is 2.41. The quantitative estimate of drug-likeness (QED) is 0.928. The molecule has 0 saturated heterocycles. The van der Waals surface area contributed by atoms with E-state index >= 15 is 0 Å². The first-order valence-corrected chi connectivity index (χ1v) is 6.95. The van der Waals surface area contributed by atoms with Gasteiger partial charge in [-0.15, -0.1) is 0 Å². The summed E-state index contributed by atoms with van der Waals surface area (Å²) in [6.45, 7) is 7.00. The van der Waals surface area contributed by atoms with Crippen molar-refractivity contribution in [1.82, 2.24) is 9.78 Å². The number of benzene rings is 1. The van der Waals surface area contributed by atoms with Gasteiger partial charge >= 0.3 is 0 Å². The molecule has 0 amide bonds. The Labute approximate surface area is 119 Å². The summed E-state index contributed by atoms with van der Waals surface area (Å²) in [6.07, 6.45) is 0.868. The molecule has 0 unspecified atom stereocenters. The van der Waals surface area contributed by atoms with E-state index in [4.69, 9.17) is 5.73 Å². The van der Waals surface area contributed by atoms with Gasteiger partial charge in [0, 0.05) is 24.2 Å². The Bertz CT molecular complexity index is 674. The third-order valence-corrected chi connectivity index (χ3v) is 3.36. The van der Waals surface area contributed by atoms with Gasteiger partial charge in [-0.1, -0.05) is 30.7 Å². The lowest BCUT2D eigenvalue weighted by Crippen LogP contribution is -2.28. The number of nitrogens with zero attached hydrogens (tertiary/aromatic N) is 2. The SMILES string of the molecule is CCCn1nc(-c2ccc(C)cc2C)cc(CN)c1=O. The lowest BCUT2D eigenvalue weighted by atomic mass is 10.0. The zero-order valence-corrected chi connectivity index (χ0v) is 12.3. The number of rotatable bonds is 4. The van der Waals surface area contributed by atoms with E-state index in [1.165, 1.54) is 10.2 Å². The predicted molar refractivity (Wildman–Crippen MR) is 81.6 cm³/mol. The maximum Gasteiger partial charge on any atom is 0.271 e. The molecule has 0 saturated carbocycles. The molecule has 0 spiro atoms. The van der Waals surface area contributed by atoms with Gasteiger partial charge in [0.2, 0.25) is 0 Å². The van der Waals surface area contributed by atoms with Crippen LogP contribution in [0, 0.1) is 13.8 Å². The minimum atomic E-state index is -0.0807. The van der Waals surface area contributed by atoms with Crippen molar-refractivity contribution in [3.8, 4) is 11.3 Å². The van der Waals surface area contributed by atoms with Crippen molar-refractivity contribution in [2.24, 2.45) is 5.73 Å². The Hall–Kier alpha value is -1.94. The van der Waals surface area contributed by atoms with Gasteiger partial charge in [0.1, 0.15) is 0 Å². The zero-order valence-electron chi connectivity index (χ0n) is 12.3. The summed E-state index contributed by atoms with van der Waals surface area (Å²) in [5.74, 6) is 0. The molecule has 0 aliphatic heterocycles. The van der Waals surface area contributed by atoms with Gasteiger partial charge in [-0.2, -0.15) is 5.10 Å². The van der Waals surface area contributed by atoms with E-state index in [1.54, 1.807) is 0 Å². The van der Waals surface area contributed by atoms with Gasteiger partial charge in [-0.3, -0.25) is 4.79 Å². The van der Waals surface area contributed by atoms with Crippen LogP contribution in [0.4, 0.5) is 0 Å². The first-order valence-electron chi connectivity index (χ1n) is 6.95. The highest BCUT2D eigenvalue weighted by Gasteiger charge is 2.10. The van der Waals surface area contributed by atoms with Crippen LogP contribution < -0.4 is 11.3 Å². The molecule has 0 fully saturated rings. The highest BCUT2D eigenvalue weighted by atomic mass is 16.1. The van der Waals surface area contributed by atoms with E-state index < -0.39 is 0 Å². The van der Waals surface area contributed by atoms with Gasteiger partial charge in [-0.05, 0) is 31.9 Å². The molecule has 1 heterocycles. The van der Waals surface area contributed by atoms with Crippen LogP contribution in [0.15, 0.2) is 29.1 Å². The maximum absolute atomic E-state index is 12.1. The summed E-state index contributed by atoms with van der Waals surface area (Å²) in [6, 6.07) is 8.04. The summed E-state index contributed by atoms with van der Waals surface area (Å²) in [5, 5.41) is 4.48. The number of nitrogens with two attached hydrogens (primary N) is 1. The van der Waals surface area contributed by atoms with Crippen LogP contribution in [0.2, 0.25) is 0 Å². The fraction of sp³-hybridized carbons (Fsp3) is 0.375. The minimum Gasteiger partial charge on any atom is -0.326 e. The molecule has 20 heavy (non-hydrogen) atoms. The molecule has 4 nitrogen and oxygen atoms in total. The van der Waals surface area contributed by atoms with Gasteiger partial charge < -0.3 is 5.73 Å². The van der Waals surface area contributed by atoms with Crippen LogP contribution in [0.3, 0.4) is 0 Å². The molecule has 1 aromatic carbocycles.